The van der Waals surface area contributed by atoms with Gasteiger partial charge in [-0.1, -0.05) is 60.3 Å². The second-order valence-corrected chi connectivity index (χ2v) is 8.50. The van der Waals surface area contributed by atoms with Crippen molar-refractivity contribution in [2.24, 2.45) is 0 Å². The number of hydrogen-bond donors (Lipinski definition) is 2. The number of nitrogens with one attached hydrogen (secondary N) is 2. The van der Waals surface area contributed by atoms with Crippen LogP contribution in [0.5, 0.6) is 5.75 Å². The molecule has 9 heteroatoms. The molecule has 2 atom stereocenters. The maximum absolute atomic E-state index is 13.6. The van der Waals surface area contributed by atoms with Crippen molar-refractivity contribution >= 4 is 23.4 Å². The first-order valence-electron chi connectivity index (χ1n) is 10.3. The zero-order valence-electron chi connectivity index (χ0n) is 17.4. The Hall–Kier alpha value is -3.85. The fraction of sp³-hybridized carbons (Fsp3) is 0.125. The van der Waals surface area contributed by atoms with Gasteiger partial charge in [-0.2, -0.15) is 0 Å². The second kappa shape index (κ2) is 9.33. The maximum atomic E-state index is 13.6. The molecule has 2 heterocycles. The first kappa shape index (κ1) is 21.0. The van der Waals surface area contributed by atoms with Gasteiger partial charge in [0, 0.05) is 5.69 Å². The Morgan fingerprint density at radius 3 is 2.42 bits per heavy atom. The maximum Gasteiger partial charge on any atom is 0.240 e. The second-order valence-electron chi connectivity index (χ2n) is 7.39. The molecule has 1 amide bonds. The van der Waals surface area contributed by atoms with E-state index in [1.807, 2.05) is 60.7 Å². The Morgan fingerprint density at radius 2 is 1.70 bits per heavy atom. The zero-order chi connectivity index (χ0) is 22.6. The van der Waals surface area contributed by atoms with E-state index in [2.05, 4.69) is 20.9 Å². The summed E-state index contributed by atoms with van der Waals surface area (Å²) in [5.74, 6) is 0.752. The van der Waals surface area contributed by atoms with Gasteiger partial charge in [0.15, 0.2) is 5.82 Å². The smallest absolute Gasteiger partial charge is 0.240 e. The van der Waals surface area contributed by atoms with Gasteiger partial charge in [0.25, 0.3) is 0 Å². The lowest BCUT2D eigenvalue weighted by atomic mass is 10.0. The van der Waals surface area contributed by atoms with Crippen LogP contribution in [-0.2, 0) is 11.4 Å². The molecular weight excluding hydrogens is 441 g/mol. The average Bonchev–Trinajstić information content (AvgIpc) is 3.25. The number of ether oxygens (including phenoxy) is 1. The minimum Gasteiger partial charge on any atom is -0.486 e. The van der Waals surface area contributed by atoms with Crippen molar-refractivity contribution in [3.63, 3.8) is 0 Å². The predicted octanol–water partition coefficient (Wildman–Crippen LogP) is 4.39. The summed E-state index contributed by atoms with van der Waals surface area (Å²) in [6.07, 6.45) is 0. The molecule has 7 nitrogen and oxygen atoms in total. The van der Waals surface area contributed by atoms with Crippen LogP contribution >= 0.6 is 11.8 Å². The summed E-state index contributed by atoms with van der Waals surface area (Å²) in [5.41, 5.74) is 4.81. The number of nitrogens with zero attached hydrogens (tertiary/aromatic N) is 3. The summed E-state index contributed by atoms with van der Waals surface area (Å²) < 4.78 is 21.1. The van der Waals surface area contributed by atoms with E-state index in [4.69, 9.17) is 4.74 Å². The third kappa shape index (κ3) is 4.68. The van der Waals surface area contributed by atoms with E-state index in [0.29, 0.717) is 22.4 Å². The average molecular weight is 462 g/mol. The highest BCUT2D eigenvalue weighted by atomic mass is 32.2. The molecule has 1 aliphatic heterocycles. The number of halogens is 1. The van der Waals surface area contributed by atoms with Gasteiger partial charge in [0.2, 0.25) is 11.1 Å². The van der Waals surface area contributed by atoms with Crippen LogP contribution in [0.2, 0.25) is 0 Å². The number of amides is 1. The summed E-state index contributed by atoms with van der Waals surface area (Å²) in [4.78, 5) is 13.2. The Kier molecular flexibility index (Phi) is 5.95. The summed E-state index contributed by atoms with van der Waals surface area (Å²) in [6, 6.07) is 24.3. The van der Waals surface area contributed by atoms with Crippen LogP contribution < -0.4 is 15.5 Å². The number of anilines is 1. The molecule has 1 aromatic heterocycles. The van der Waals surface area contributed by atoms with Crippen molar-refractivity contribution in [3.8, 4) is 5.75 Å². The lowest BCUT2D eigenvalue weighted by molar-refractivity contribution is -0.116. The fourth-order valence-electron chi connectivity index (χ4n) is 3.51. The van der Waals surface area contributed by atoms with Gasteiger partial charge in [-0.05, 0) is 42.0 Å². The van der Waals surface area contributed by atoms with Crippen LogP contribution in [0.4, 0.5) is 10.1 Å². The third-order valence-electron chi connectivity index (χ3n) is 5.14. The van der Waals surface area contributed by atoms with Gasteiger partial charge < -0.3 is 15.5 Å². The van der Waals surface area contributed by atoms with Crippen molar-refractivity contribution in [3.05, 3.63) is 102 Å². The van der Waals surface area contributed by atoms with Gasteiger partial charge in [0.05, 0.1) is 6.04 Å². The van der Waals surface area contributed by atoms with E-state index in [-0.39, 0.29) is 18.3 Å². The number of para-hydroxylation sites is 2. The zero-order valence-corrected chi connectivity index (χ0v) is 18.2. The minimum absolute atomic E-state index is 0.190. The molecule has 3 aromatic carbocycles. The number of carbonyl (C=O) groups excluding carboxylic acids is 1. The number of carbonyl (C=O) groups is 1. The number of fused-ring (bicyclic) bond motifs is 1. The molecule has 0 unspecified atom stereocenters. The summed E-state index contributed by atoms with van der Waals surface area (Å²) in [5, 5.41) is 11.4. The van der Waals surface area contributed by atoms with Crippen molar-refractivity contribution in [2.75, 3.05) is 10.7 Å². The van der Waals surface area contributed by atoms with Gasteiger partial charge >= 0.3 is 0 Å². The lowest BCUT2D eigenvalue weighted by Crippen LogP contribution is -2.41. The molecule has 0 saturated carbocycles. The number of hydrogen-bond acceptors (Lipinski definition) is 6. The van der Waals surface area contributed by atoms with E-state index in [1.165, 1.54) is 23.9 Å². The van der Waals surface area contributed by atoms with Crippen molar-refractivity contribution in [1.82, 2.24) is 14.9 Å². The number of benzene rings is 3. The molecule has 0 saturated heterocycles. The molecule has 0 aliphatic carbocycles. The number of aromatic nitrogens is 3. The van der Waals surface area contributed by atoms with E-state index >= 15 is 0 Å². The predicted molar refractivity (Wildman–Crippen MR) is 124 cm³/mol. The SMILES string of the molecule is O=C(Nc1ccccc1)[C@@H]1Sc2nnc(COc3ccccc3)n2N[C@@H]1c1ccc(F)cc1. The monoisotopic (exact) mass is 461 g/mol. The number of thioether (sulfide) groups is 1. The first-order valence-corrected chi connectivity index (χ1v) is 11.2. The van der Waals surface area contributed by atoms with Crippen LogP contribution in [0, 0.1) is 5.82 Å². The molecule has 0 fully saturated rings. The highest BCUT2D eigenvalue weighted by molar-refractivity contribution is 8.00. The molecule has 1 aliphatic rings. The highest BCUT2D eigenvalue weighted by Gasteiger charge is 2.38. The fourth-order valence-corrected chi connectivity index (χ4v) is 4.61. The van der Waals surface area contributed by atoms with Crippen LogP contribution in [0.1, 0.15) is 17.4 Å². The van der Waals surface area contributed by atoms with Crippen molar-refractivity contribution < 1.29 is 13.9 Å². The van der Waals surface area contributed by atoms with E-state index in [0.717, 1.165) is 5.56 Å². The molecule has 2 N–H and O–H groups in total. The van der Waals surface area contributed by atoms with Crippen molar-refractivity contribution in [2.45, 2.75) is 23.1 Å². The Morgan fingerprint density at radius 1 is 1.00 bits per heavy atom. The lowest BCUT2D eigenvalue weighted by Gasteiger charge is -2.33. The molecule has 4 aromatic rings. The van der Waals surface area contributed by atoms with Crippen LogP contribution in [0.15, 0.2) is 90.1 Å². The summed E-state index contributed by atoms with van der Waals surface area (Å²) in [7, 11) is 0. The molecule has 0 bridgehead atoms. The normalized spacial score (nSPS) is 17.0. The molecule has 33 heavy (non-hydrogen) atoms. The van der Waals surface area contributed by atoms with E-state index < -0.39 is 11.3 Å². The molecule has 166 valence electrons. The van der Waals surface area contributed by atoms with Crippen LogP contribution in [0.3, 0.4) is 0 Å². The summed E-state index contributed by atoms with van der Waals surface area (Å²) >= 11 is 1.30. The van der Waals surface area contributed by atoms with Crippen molar-refractivity contribution in [1.29, 1.82) is 0 Å². The molecule has 0 spiro atoms. The van der Waals surface area contributed by atoms with Gasteiger partial charge in [-0.15, -0.1) is 10.2 Å². The Labute approximate surface area is 194 Å². The number of rotatable bonds is 6. The highest BCUT2D eigenvalue weighted by Crippen LogP contribution is 2.37. The van der Waals surface area contributed by atoms with Crippen LogP contribution in [-0.4, -0.2) is 26.0 Å². The summed E-state index contributed by atoms with van der Waals surface area (Å²) in [6.45, 7) is 0.196. The van der Waals surface area contributed by atoms with Crippen LogP contribution in [0.25, 0.3) is 0 Å². The van der Waals surface area contributed by atoms with Gasteiger partial charge in [-0.3, -0.25) is 4.79 Å². The minimum atomic E-state index is -0.560. The topological polar surface area (TPSA) is 81.1 Å². The first-order chi connectivity index (χ1) is 16.2. The Balaban J connectivity index is 1.42. The quantitative estimate of drug-likeness (QED) is 0.443. The molecule has 5 rings (SSSR count). The Bertz CT molecular complexity index is 1230. The van der Waals surface area contributed by atoms with E-state index in [9.17, 15) is 9.18 Å². The third-order valence-corrected chi connectivity index (χ3v) is 6.36. The standard InChI is InChI=1S/C24H20FN5O2S/c25-17-13-11-16(12-14-17)21-22(23(31)26-18-7-3-1-4-8-18)33-24-28-27-20(30(24)29-21)15-32-19-9-5-2-6-10-19/h1-14,21-22,29H,15H2,(H,26,31)/t21-,22-/m1/s1. The molecular formula is C24H20FN5O2S. The van der Waals surface area contributed by atoms with Gasteiger partial charge in [0.1, 0.15) is 23.4 Å². The largest absolute Gasteiger partial charge is 0.486 e. The molecule has 0 radical (unpaired) electrons. The van der Waals surface area contributed by atoms with Gasteiger partial charge in [-0.25, -0.2) is 9.07 Å². The van der Waals surface area contributed by atoms with E-state index in [1.54, 1.807) is 16.8 Å².